The predicted octanol–water partition coefficient (Wildman–Crippen LogP) is 3.29. The molecule has 3 heterocycles. The van der Waals surface area contributed by atoms with Crippen LogP contribution in [-0.2, 0) is 10.2 Å². The van der Waals surface area contributed by atoms with E-state index in [4.69, 9.17) is 9.72 Å². The Bertz CT molecular complexity index is 729. The lowest BCUT2D eigenvalue weighted by Gasteiger charge is -2.33. The topological polar surface area (TPSA) is 62.0 Å². The van der Waals surface area contributed by atoms with Crippen molar-refractivity contribution in [2.45, 2.75) is 32.3 Å². The van der Waals surface area contributed by atoms with Gasteiger partial charge in [-0.25, -0.2) is 9.97 Å². The molecule has 0 aromatic carbocycles. The van der Waals surface area contributed by atoms with Gasteiger partial charge in [-0.05, 0) is 12.1 Å². The Morgan fingerprint density at radius 1 is 1.43 bits per heavy atom. The fourth-order valence-electron chi connectivity index (χ4n) is 2.51. The maximum atomic E-state index is 9.27. The normalized spacial score (nSPS) is 18.7. The van der Waals surface area contributed by atoms with Crippen LogP contribution in [0.3, 0.4) is 0 Å². The van der Waals surface area contributed by atoms with E-state index < -0.39 is 0 Å². The number of aromatic nitrogens is 2. The third kappa shape index (κ3) is 3.36. The molecule has 0 saturated carbocycles. The number of hydrogen-bond acceptors (Lipinski definition) is 6. The molecular weight excluding hydrogens is 308 g/mol. The number of nitrogens with zero attached hydrogens (tertiary/aromatic N) is 4. The molecule has 1 atom stereocenters. The van der Waals surface area contributed by atoms with Crippen LogP contribution in [0.15, 0.2) is 23.7 Å². The fourth-order valence-corrected chi connectivity index (χ4v) is 3.59. The van der Waals surface area contributed by atoms with Gasteiger partial charge in [0.15, 0.2) is 0 Å². The Kier molecular flexibility index (Phi) is 4.33. The SMILES string of the molecule is CC(C)(C)c1csc([C@H]2CN(c3ncccc3C#N)CCO2)n1. The summed E-state index contributed by atoms with van der Waals surface area (Å²) < 4.78 is 5.91. The first-order chi connectivity index (χ1) is 11.0. The van der Waals surface area contributed by atoms with E-state index in [1.165, 1.54) is 0 Å². The van der Waals surface area contributed by atoms with Gasteiger partial charge in [-0.15, -0.1) is 11.3 Å². The van der Waals surface area contributed by atoms with Crippen LogP contribution < -0.4 is 4.90 Å². The minimum absolute atomic E-state index is 0.0397. The number of pyridine rings is 1. The number of rotatable bonds is 2. The van der Waals surface area contributed by atoms with Gasteiger partial charge in [-0.2, -0.15) is 5.26 Å². The molecule has 1 saturated heterocycles. The molecule has 120 valence electrons. The Morgan fingerprint density at radius 3 is 2.96 bits per heavy atom. The Morgan fingerprint density at radius 2 is 2.26 bits per heavy atom. The van der Waals surface area contributed by atoms with Crippen LogP contribution in [0.1, 0.15) is 43.1 Å². The van der Waals surface area contributed by atoms with Crippen LogP contribution >= 0.6 is 11.3 Å². The summed E-state index contributed by atoms with van der Waals surface area (Å²) in [5, 5.41) is 12.4. The van der Waals surface area contributed by atoms with E-state index in [2.05, 4.69) is 42.1 Å². The number of hydrogen-bond donors (Lipinski definition) is 0. The molecule has 0 spiro atoms. The van der Waals surface area contributed by atoms with Crippen molar-refractivity contribution in [3.8, 4) is 6.07 Å². The number of thiazole rings is 1. The third-order valence-electron chi connectivity index (χ3n) is 3.84. The monoisotopic (exact) mass is 328 g/mol. The molecule has 0 unspecified atom stereocenters. The van der Waals surface area contributed by atoms with E-state index in [1.54, 1.807) is 29.7 Å². The van der Waals surface area contributed by atoms with E-state index in [9.17, 15) is 5.26 Å². The summed E-state index contributed by atoms with van der Waals surface area (Å²) in [6, 6.07) is 5.80. The van der Waals surface area contributed by atoms with E-state index in [0.29, 0.717) is 18.7 Å². The highest BCUT2D eigenvalue weighted by Crippen LogP contribution is 2.31. The summed E-state index contributed by atoms with van der Waals surface area (Å²) >= 11 is 1.64. The Labute approximate surface area is 140 Å². The quantitative estimate of drug-likeness (QED) is 0.846. The molecule has 2 aromatic rings. The van der Waals surface area contributed by atoms with E-state index in [1.807, 2.05) is 0 Å². The molecule has 2 aromatic heterocycles. The van der Waals surface area contributed by atoms with Crippen molar-refractivity contribution >= 4 is 17.2 Å². The molecule has 0 aliphatic carbocycles. The van der Waals surface area contributed by atoms with Crippen molar-refractivity contribution in [2.24, 2.45) is 0 Å². The first kappa shape index (κ1) is 15.9. The van der Waals surface area contributed by atoms with Crippen LogP contribution in [0.4, 0.5) is 5.82 Å². The van der Waals surface area contributed by atoms with Gasteiger partial charge in [-0.1, -0.05) is 20.8 Å². The highest BCUT2D eigenvalue weighted by molar-refractivity contribution is 7.09. The van der Waals surface area contributed by atoms with Gasteiger partial charge in [0.1, 0.15) is 23.0 Å². The average Bonchev–Trinajstić information content (AvgIpc) is 3.05. The number of nitriles is 1. The fraction of sp³-hybridized carbons (Fsp3) is 0.471. The molecule has 0 radical (unpaired) electrons. The van der Waals surface area contributed by atoms with Crippen molar-refractivity contribution in [1.29, 1.82) is 5.26 Å². The van der Waals surface area contributed by atoms with Crippen molar-refractivity contribution < 1.29 is 4.74 Å². The lowest BCUT2D eigenvalue weighted by molar-refractivity contribution is 0.0392. The smallest absolute Gasteiger partial charge is 0.146 e. The molecule has 1 aliphatic heterocycles. The first-order valence-corrected chi connectivity index (χ1v) is 8.54. The average molecular weight is 328 g/mol. The van der Waals surface area contributed by atoms with Gasteiger partial charge >= 0.3 is 0 Å². The van der Waals surface area contributed by atoms with Crippen molar-refractivity contribution in [3.63, 3.8) is 0 Å². The standard InChI is InChI=1S/C17H20N4OS/c1-17(2,3)14-11-23-16(20-14)13-10-21(7-8-22-13)15-12(9-18)5-4-6-19-15/h4-6,11,13H,7-8,10H2,1-3H3/t13-/m1/s1. The molecule has 1 fully saturated rings. The molecular formula is C17H20N4OS. The van der Waals surface area contributed by atoms with Crippen LogP contribution in [0.2, 0.25) is 0 Å². The first-order valence-electron chi connectivity index (χ1n) is 7.66. The summed E-state index contributed by atoms with van der Waals surface area (Å²) in [6.45, 7) is 8.49. The van der Waals surface area contributed by atoms with Crippen molar-refractivity contribution in [2.75, 3.05) is 24.6 Å². The molecule has 0 bridgehead atoms. The zero-order valence-electron chi connectivity index (χ0n) is 13.6. The summed E-state index contributed by atoms with van der Waals surface area (Å²) in [6.07, 6.45) is 1.65. The second kappa shape index (κ2) is 6.26. The van der Waals surface area contributed by atoms with E-state index in [-0.39, 0.29) is 11.5 Å². The molecule has 3 rings (SSSR count). The second-order valence-electron chi connectivity index (χ2n) is 6.61. The Balaban J connectivity index is 1.81. The highest BCUT2D eigenvalue weighted by atomic mass is 32.1. The molecule has 0 N–H and O–H groups in total. The third-order valence-corrected chi connectivity index (χ3v) is 4.78. The molecule has 5 nitrogen and oxygen atoms in total. The van der Waals surface area contributed by atoms with Gasteiger partial charge in [0.05, 0.1) is 24.4 Å². The molecule has 0 amide bonds. The minimum atomic E-state index is -0.0709. The largest absolute Gasteiger partial charge is 0.367 e. The van der Waals surface area contributed by atoms with Crippen LogP contribution in [0.5, 0.6) is 0 Å². The minimum Gasteiger partial charge on any atom is -0.367 e. The lowest BCUT2D eigenvalue weighted by atomic mass is 9.93. The van der Waals surface area contributed by atoms with Gasteiger partial charge in [0, 0.05) is 23.5 Å². The molecule has 6 heteroatoms. The number of morpholine rings is 1. The molecule has 1 aliphatic rings. The summed E-state index contributed by atoms with van der Waals surface area (Å²) in [7, 11) is 0. The van der Waals surface area contributed by atoms with Crippen LogP contribution in [0.25, 0.3) is 0 Å². The predicted molar refractivity (Wildman–Crippen MR) is 90.7 cm³/mol. The van der Waals surface area contributed by atoms with Gasteiger partial charge in [-0.3, -0.25) is 0 Å². The summed E-state index contributed by atoms with van der Waals surface area (Å²) in [4.78, 5) is 11.2. The van der Waals surface area contributed by atoms with Crippen LogP contribution in [0, 0.1) is 11.3 Å². The summed E-state index contributed by atoms with van der Waals surface area (Å²) in [5.74, 6) is 0.732. The summed E-state index contributed by atoms with van der Waals surface area (Å²) in [5.41, 5.74) is 1.73. The lowest BCUT2D eigenvalue weighted by Crippen LogP contribution is -2.39. The zero-order chi connectivity index (χ0) is 16.4. The zero-order valence-corrected chi connectivity index (χ0v) is 14.4. The van der Waals surface area contributed by atoms with Crippen LogP contribution in [-0.4, -0.2) is 29.7 Å². The maximum absolute atomic E-state index is 9.27. The highest BCUT2D eigenvalue weighted by Gasteiger charge is 2.28. The van der Waals surface area contributed by atoms with Gasteiger partial charge < -0.3 is 9.64 Å². The van der Waals surface area contributed by atoms with Crippen molar-refractivity contribution in [3.05, 3.63) is 40.0 Å². The van der Waals surface area contributed by atoms with Gasteiger partial charge in [0.2, 0.25) is 0 Å². The van der Waals surface area contributed by atoms with E-state index >= 15 is 0 Å². The number of anilines is 1. The van der Waals surface area contributed by atoms with Gasteiger partial charge in [0.25, 0.3) is 0 Å². The van der Waals surface area contributed by atoms with Crippen molar-refractivity contribution in [1.82, 2.24) is 9.97 Å². The number of ether oxygens (including phenoxy) is 1. The van der Waals surface area contributed by atoms with E-state index in [0.717, 1.165) is 23.1 Å². The maximum Gasteiger partial charge on any atom is 0.146 e. The molecule has 23 heavy (non-hydrogen) atoms. The second-order valence-corrected chi connectivity index (χ2v) is 7.50. The Hall–Kier alpha value is -1.97.